The normalized spacial score (nSPS) is 12.7. The number of hydrogen-bond acceptors (Lipinski definition) is 32. The molecule has 0 saturated carbocycles. The summed E-state index contributed by atoms with van der Waals surface area (Å²) < 4.78 is 175. The molecule has 0 saturated heterocycles. The molecule has 8 rings (SSSR count). The van der Waals surface area contributed by atoms with Crippen molar-refractivity contribution < 1.29 is 129 Å². The Hall–Kier alpha value is -12.7. The van der Waals surface area contributed by atoms with Crippen molar-refractivity contribution >= 4 is 135 Å². The molecular weight excluding hydrogens is 1960 g/mol. The highest BCUT2D eigenvalue weighted by molar-refractivity contribution is 7.92. The SMILES string of the molecule is CCCOC(=O)CC(=O)CC(=O)/C=C/c1c(-c2ccc(F)cc2)nc(N(C)S(C)(=O)=O)nc1C(C)C.CCCOC(=O)CC(=O)C[C@H](O)/C=C/c1c(-c2ccc(F)cc2)nc(N(C)S(C)(=O)=O)nc1C(C)C.CCCOC(=O)C[C@H](O)CC(=O)/C=C/c1c(-c2ccc(F)cc2)nc(N(C)S(C)(=O)=O)nc1C(C)C.CCCOC(=O)C[C@H](O)C[C@H](O)/C=C/c1c(-c2ccc(F)cc2)nc(N(C)S(C)(=O)=O)nc1C(C)C. The molecule has 0 spiro atoms. The average molecular weight is 2090 g/mol. The Morgan fingerprint density at radius 2 is 0.576 bits per heavy atom. The molecule has 0 unspecified atom stereocenters. The van der Waals surface area contributed by atoms with Crippen molar-refractivity contribution in [3.8, 4) is 45.0 Å². The van der Waals surface area contributed by atoms with Crippen molar-refractivity contribution in [2.45, 2.75) is 208 Å². The molecule has 0 bridgehead atoms. The maximum Gasteiger partial charge on any atom is 0.313 e. The Kier molecular flexibility index (Phi) is 48.3. The van der Waals surface area contributed by atoms with E-state index < -0.39 is 154 Å². The van der Waals surface area contributed by atoms with Crippen LogP contribution in [0.15, 0.2) is 121 Å². The lowest BCUT2D eigenvalue weighted by Crippen LogP contribution is -2.27. The lowest BCUT2D eigenvalue weighted by atomic mass is 9.97. The van der Waals surface area contributed by atoms with E-state index in [4.69, 9.17) is 18.9 Å². The lowest BCUT2D eigenvalue weighted by molar-refractivity contribution is -0.147. The van der Waals surface area contributed by atoms with Gasteiger partial charge in [0.25, 0.3) is 0 Å². The minimum atomic E-state index is -3.67. The van der Waals surface area contributed by atoms with Gasteiger partial charge in [0.1, 0.15) is 41.9 Å². The number of aliphatic hydroxyl groups excluding tert-OH is 4. The number of allylic oxidation sites excluding steroid dienone is 2. The van der Waals surface area contributed by atoms with Crippen molar-refractivity contribution in [3.05, 3.63) is 190 Å². The molecule has 8 aromatic rings. The zero-order valence-electron chi connectivity index (χ0n) is 84.3. The van der Waals surface area contributed by atoms with Crippen LogP contribution < -0.4 is 17.2 Å². The van der Waals surface area contributed by atoms with Crippen LogP contribution in [0.5, 0.6) is 0 Å². The van der Waals surface area contributed by atoms with Crippen LogP contribution in [0.25, 0.3) is 69.3 Å². The fourth-order valence-electron chi connectivity index (χ4n) is 12.8. The van der Waals surface area contributed by atoms with Gasteiger partial charge in [-0.3, -0.25) is 38.4 Å². The topological polar surface area (TPSA) is 507 Å². The van der Waals surface area contributed by atoms with Crippen molar-refractivity contribution in [2.24, 2.45) is 0 Å². The van der Waals surface area contributed by atoms with Crippen molar-refractivity contribution in [3.63, 3.8) is 0 Å². The number of Topliss-reactive ketones (excluding diaryl/α,β-unsaturated/α-hetero) is 2. The maximum absolute atomic E-state index is 13.6. The predicted octanol–water partition coefficient (Wildman–Crippen LogP) is 13.9. The van der Waals surface area contributed by atoms with Gasteiger partial charge in [0.05, 0.1) is 141 Å². The van der Waals surface area contributed by atoms with Gasteiger partial charge in [0.15, 0.2) is 17.3 Å². The zero-order chi connectivity index (χ0) is 108. The summed E-state index contributed by atoms with van der Waals surface area (Å²) in [6.07, 6.45) is 10.8. The molecule has 0 radical (unpaired) electrons. The van der Waals surface area contributed by atoms with E-state index in [9.17, 15) is 110 Å². The number of aliphatic hydroxyl groups is 4. The number of benzene rings is 4. The van der Waals surface area contributed by atoms with Crippen LogP contribution in [-0.2, 0) is 97.4 Å². The minimum absolute atomic E-state index is 0.0424. The first-order valence-corrected chi connectivity index (χ1v) is 53.3. The Bertz CT molecular complexity index is 6380. The third-order valence-corrected chi connectivity index (χ3v) is 25.2. The summed E-state index contributed by atoms with van der Waals surface area (Å²) in [6.45, 7) is 23.2. The first kappa shape index (κ1) is 122. The first-order valence-electron chi connectivity index (χ1n) is 46.0. The summed E-state index contributed by atoms with van der Waals surface area (Å²) in [7, 11) is -9.31. The summed E-state index contributed by atoms with van der Waals surface area (Å²) >= 11 is 0. The third-order valence-electron chi connectivity index (χ3n) is 20.6. The number of anilines is 4. The van der Waals surface area contributed by atoms with E-state index in [0.29, 0.717) is 110 Å². The van der Waals surface area contributed by atoms with E-state index in [1.54, 1.807) is 12.2 Å². The van der Waals surface area contributed by atoms with Crippen LogP contribution in [0.3, 0.4) is 0 Å². The molecule has 4 N–H and O–H groups in total. The van der Waals surface area contributed by atoms with E-state index >= 15 is 0 Å². The van der Waals surface area contributed by atoms with E-state index in [2.05, 4.69) is 39.9 Å². The van der Waals surface area contributed by atoms with E-state index in [-0.39, 0.29) is 112 Å². The van der Waals surface area contributed by atoms with E-state index in [1.165, 1.54) is 162 Å². The van der Waals surface area contributed by atoms with Gasteiger partial charge in [-0.1, -0.05) is 107 Å². The molecule has 144 heavy (non-hydrogen) atoms. The molecule has 36 nitrogen and oxygen atoms in total. The summed E-state index contributed by atoms with van der Waals surface area (Å²) in [5, 5.41) is 41.1. The number of sulfonamides is 4. The lowest BCUT2D eigenvalue weighted by Gasteiger charge is -2.20. The summed E-state index contributed by atoms with van der Waals surface area (Å²) in [5.74, 6) is -7.26. The number of nitrogens with zero attached hydrogens (tertiary/aromatic N) is 12. The number of halogens is 4. The van der Waals surface area contributed by atoms with Gasteiger partial charge in [-0.25, -0.2) is 108 Å². The molecule has 0 aliphatic heterocycles. The predicted molar refractivity (Wildman–Crippen MR) is 541 cm³/mol. The van der Waals surface area contributed by atoms with Gasteiger partial charge in [0, 0.05) is 92.0 Å². The van der Waals surface area contributed by atoms with Crippen LogP contribution in [0.4, 0.5) is 41.4 Å². The second-order valence-electron chi connectivity index (χ2n) is 34.6. The third kappa shape index (κ3) is 39.8. The van der Waals surface area contributed by atoms with E-state index in [0.717, 1.165) is 42.2 Å². The second kappa shape index (κ2) is 57.1. The van der Waals surface area contributed by atoms with Gasteiger partial charge in [-0.05, 0) is 171 Å². The Balaban J connectivity index is 0.000000338. The summed E-state index contributed by atoms with van der Waals surface area (Å²) in [6, 6.07) is 22.0. The van der Waals surface area contributed by atoms with Crippen LogP contribution in [0.2, 0.25) is 0 Å². The molecule has 4 aromatic carbocycles. The average Bonchev–Trinajstić information content (AvgIpc) is 0.791. The monoisotopic (exact) mass is 2080 g/mol. The van der Waals surface area contributed by atoms with Crippen LogP contribution in [0, 0.1) is 23.3 Å². The molecular formula is C100H128F4N12O24S4. The molecule has 784 valence electrons. The quantitative estimate of drug-likeness (QED) is 0.00904. The van der Waals surface area contributed by atoms with Crippen LogP contribution in [0.1, 0.15) is 229 Å². The molecule has 4 aromatic heterocycles. The number of esters is 4. The number of ketones is 4. The molecule has 0 fully saturated rings. The summed E-state index contributed by atoms with van der Waals surface area (Å²) in [5.41, 5.74) is 7.09. The van der Waals surface area contributed by atoms with Gasteiger partial charge in [-0.2, -0.15) is 0 Å². The second-order valence-corrected chi connectivity index (χ2v) is 42.6. The minimum Gasteiger partial charge on any atom is -0.466 e. The van der Waals surface area contributed by atoms with E-state index in [1.807, 2.05) is 83.1 Å². The molecule has 0 aliphatic carbocycles. The number of carbonyl (C=O) groups excluding carboxylic acids is 8. The zero-order valence-corrected chi connectivity index (χ0v) is 87.5. The van der Waals surface area contributed by atoms with Crippen LogP contribution >= 0.6 is 0 Å². The number of ether oxygens (including phenoxy) is 4. The Morgan fingerprint density at radius 1 is 0.326 bits per heavy atom. The number of rotatable bonds is 48. The Labute approximate surface area is 838 Å². The van der Waals surface area contributed by atoms with Gasteiger partial charge >= 0.3 is 23.9 Å². The number of hydrogen-bond donors (Lipinski definition) is 4. The molecule has 4 atom stereocenters. The van der Waals surface area contributed by atoms with Crippen molar-refractivity contribution in [1.82, 2.24) is 39.9 Å². The highest BCUT2D eigenvalue weighted by Crippen LogP contribution is 2.38. The molecule has 44 heteroatoms. The van der Waals surface area contributed by atoms with Crippen molar-refractivity contribution in [2.75, 3.05) is 96.9 Å². The summed E-state index contributed by atoms with van der Waals surface area (Å²) in [4.78, 5) is 131. The smallest absolute Gasteiger partial charge is 0.313 e. The first-order chi connectivity index (χ1) is 67.3. The fraction of sp³-hybridized carbons (Fsp3) is 0.440. The maximum atomic E-state index is 13.6. The van der Waals surface area contributed by atoms with Gasteiger partial charge in [0.2, 0.25) is 63.9 Å². The van der Waals surface area contributed by atoms with Crippen molar-refractivity contribution in [1.29, 1.82) is 0 Å². The molecule has 0 amide bonds. The number of aromatic nitrogens is 8. The van der Waals surface area contributed by atoms with Crippen LogP contribution in [-0.4, -0.2) is 245 Å². The Morgan fingerprint density at radius 3 is 0.847 bits per heavy atom. The highest BCUT2D eigenvalue weighted by Gasteiger charge is 2.30. The molecule has 0 aliphatic rings. The standard InChI is InChI=1S/C25H34FN3O6S.2C25H32FN3O6S.C25H30FN3O6S/c4*1-6-13-35-22(32)15-20(31)14-19(30)11-12-21-23(16(2)3)27-25(29(4)36(5,33)34)28-24(21)17-7-9-18(26)10-8-17/h7-12,16,19-20,30-31H,6,13-15H2,1-5H3;7-12,16,20,31H,6,13-15H2,1-5H3;7-12,16,19,30H,6,13-15H2,1-5H3;7-12,16H,6,13-15H2,1-5H3/b4*12-11+/t19-,20-;20-;19-;/m111./s1. The largest absolute Gasteiger partial charge is 0.466 e. The fourth-order valence-corrected chi connectivity index (χ4v) is 14.4. The van der Waals surface area contributed by atoms with Gasteiger partial charge < -0.3 is 39.4 Å². The highest BCUT2D eigenvalue weighted by atomic mass is 32.2. The molecule has 4 heterocycles. The van der Waals surface area contributed by atoms with Gasteiger partial charge in [-0.15, -0.1) is 0 Å². The number of carbonyl (C=O) groups is 8.